The SMILES string of the molecule is CC1(C)CCC(C)(C)c2cc(N(c3ccc4c(c3)C3(c5ccccc5O4)C4CC5CC6CC3C4(C5)C6)c3ccc4c(c3)oc3ccccc34)ccc21. The van der Waals surface area contributed by atoms with Crippen LogP contribution in [0.25, 0.3) is 21.9 Å². The van der Waals surface area contributed by atoms with E-state index in [1.165, 1.54) is 84.0 Å². The summed E-state index contributed by atoms with van der Waals surface area (Å²) in [6.07, 6.45) is 9.48. The standard InChI is InChI=1S/C49H47NO2/c1-46(2)19-20-47(3,4)38-24-31(14-17-36(38)46)50(33-13-16-35-34-9-5-7-11-40(34)51-43(35)26-33)32-15-18-42-39(25-32)49(37-10-6-8-12-41(37)52-42)44-22-29-21-30-23-45(49)48(44,27-29)28-30/h5-18,24-26,29-30,44-45H,19-23,27-28H2,1-4H3. The summed E-state index contributed by atoms with van der Waals surface area (Å²) in [5.74, 6) is 5.30. The highest BCUT2D eigenvalue weighted by atomic mass is 16.5. The third-order valence-corrected chi connectivity index (χ3v) is 15.6. The summed E-state index contributed by atoms with van der Waals surface area (Å²) < 4.78 is 13.4. The lowest BCUT2D eigenvalue weighted by Gasteiger charge is -2.66. The van der Waals surface area contributed by atoms with Crippen molar-refractivity contribution < 1.29 is 9.15 Å². The highest BCUT2D eigenvalue weighted by Gasteiger charge is 2.79. The first-order valence-corrected chi connectivity index (χ1v) is 19.9. The third kappa shape index (κ3) is 3.63. The van der Waals surface area contributed by atoms with Gasteiger partial charge in [-0.15, -0.1) is 0 Å². The average Bonchev–Trinajstić information content (AvgIpc) is 3.72. The van der Waals surface area contributed by atoms with E-state index in [9.17, 15) is 0 Å². The molecule has 3 bridgehead atoms. The molecule has 4 fully saturated rings. The van der Waals surface area contributed by atoms with E-state index in [4.69, 9.17) is 9.15 Å². The molecule has 0 saturated heterocycles. The molecule has 2 heterocycles. The van der Waals surface area contributed by atoms with Crippen LogP contribution in [0.1, 0.15) is 94.9 Å². The molecular formula is C49H47NO2. The number of hydrogen-bond acceptors (Lipinski definition) is 3. The van der Waals surface area contributed by atoms with Gasteiger partial charge >= 0.3 is 0 Å². The first-order chi connectivity index (χ1) is 25.2. The summed E-state index contributed by atoms with van der Waals surface area (Å²) >= 11 is 0. The molecule has 0 radical (unpaired) electrons. The number of benzene rings is 5. The minimum Gasteiger partial charge on any atom is -0.457 e. The fourth-order valence-electron chi connectivity index (χ4n) is 13.5. The molecule has 6 aromatic rings. The molecule has 2 spiro atoms. The second-order valence-electron chi connectivity index (χ2n) is 18.9. The van der Waals surface area contributed by atoms with Crippen molar-refractivity contribution in [1.29, 1.82) is 0 Å². The maximum atomic E-state index is 6.87. The lowest BCUT2D eigenvalue weighted by Crippen LogP contribution is -2.64. The van der Waals surface area contributed by atoms with Crippen molar-refractivity contribution in [3.8, 4) is 11.5 Å². The van der Waals surface area contributed by atoms with Crippen LogP contribution in [0, 0.1) is 29.1 Å². The smallest absolute Gasteiger partial charge is 0.137 e. The zero-order valence-electron chi connectivity index (χ0n) is 30.8. The van der Waals surface area contributed by atoms with Gasteiger partial charge in [-0.1, -0.05) is 70.2 Å². The minimum atomic E-state index is 0.0142. The van der Waals surface area contributed by atoms with E-state index in [-0.39, 0.29) is 16.2 Å². The Kier molecular flexibility index (Phi) is 5.61. The van der Waals surface area contributed by atoms with Crippen LogP contribution in [0.2, 0.25) is 0 Å². The van der Waals surface area contributed by atoms with Crippen molar-refractivity contribution in [1.82, 2.24) is 0 Å². The van der Waals surface area contributed by atoms with Crippen molar-refractivity contribution in [2.75, 3.05) is 4.90 Å². The van der Waals surface area contributed by atoms with Gasteiger partial charge in [0.15, 0.2) is 0 Å². The minimum absolute atomic E-state index is 0.0142. The van der Waals surface area contributed by atoms with Crippen LogP contribution in [0.15, 0.2) is 108 Å². The van der Waals surface area contributed by atoms with Crippen LogP contribution < -0.4 is 9.64 Å². The van der Waals surface area contributed by atoms with E-state index >= 15 is 0 Å². The molecule has 12 rings (SSSR count). The number of rotatable bonds is 3. The molecule has 3 nitrogen and oxygen atoms in total. The van der Waals surface area contributed by atoms with Crippen molar-refractivity contribution in [3.05, 3.63) is 125 Å². The van der Waals surface area contributed by atoms with Gasteiger partial charge in [-0.3, -0.25) is 0 Å². The fourth-order valence-corrected chi connectivity index (χ4v) is 13.5. The predicted octanol–water partition coefficient (Wildman–Crippen LogP) is 13.3. The van der Waals surface area contributed by atoms with E-state index < -0.39 is 0 Å². The van der Waals surface area contributed by atoms with Crippen molar-refractivity contribution >= 4 is 39.0 Å². The Morgan fingerprint density at radius 1 is 0.538 bits per heavy atom. The number of nitrogens with zero attached hydrogens (tertiary/aromatic N) is 1. The Labute approximate surface area is 307 Å². The topological polar surface area (TPSA) is 25.6 Å². The summed E-state index contributed by atoms with van der Waals surface area (Å²) in [6, 6.07) is 38.8. The average molecular weight is 682 g/mol. The van der Waals surface area contributed by atoms with Crippen LogP contribution in [0.5, 0.6) is 11.5 Å². The second-order valence-corrected chi connectivity index (χ2v) is 18.9. The zero-order chi connectivity index (χ0) is 34.8. The molecule has 3 heteroatoms. The summed E-state index contributed by atoms with van der Waals surface area (Å²) in [4.78, 5) is 2.51. The van der Waals surface area contributed by atoms with E-state index in [1.807, 2.05) is 0 Å². The maximum absolute atomic E-state index is 6.87. The summed E-state index contributed by atoms with van der Waals surface area (Å²) in [6.45, 7) is 9.71. The number of para-hydroxylation sites is 2. The third-order valence-electron chi connectivity index (χ3n) is 15.6. The van der Waals surface area contributed by atoms with Crippen molar-refractivity contribution in [2.45, 2.75) is 88.9 Å². The number of hydrogen-bond donors (Lipinski definition) is 0. The molecule has 5 aliphatic carbocycles. The molecule has 1 aromatic heterocycles. The normalized spacial score (nSPS) is 30.8. The zero-order valence-corrected chi connectivity index (χ0v) is 30.8. The molecule has 4 atom stereocenters. The van der Waals surface area contributed by atoms with E-state index in [2.05, 4.69) is 136 Å². The first-order valence-electron chi connectivity index (χ1n) is 19.9. The lowest BCUT2D eigenvalue weighted by molar-refractivity contribution is -0.0882. The van der Waals surface area contributed by atoms with Crippen molar-refractivity contribution in [3.63, 3.8) is 0 Å². The van der Waals surface area contributed by atoms with E-state index in [1.54, 1.807) is 0 Å². The lowest BCUT2D eigenvalue weighted by atomic mass is 9.37. The van der Waals surface area contributed by atoms with Gasteiger partial charge in [0.25, 0.3) is 0 Å². The van der Waals surface area contributed by atoms with Gasteiger partial charge in [0.05, 0.1) is 0 Å². The molecule has 0 N–H and O–H groups in total. The fraction of sp³-hybridized carbons (Fsp3) is 0.388. The Hall–Kier alpha value is -4.50. The predicted molar refractivity (Wildman–Crippen MR) is 210 cm³/mol. The molecule has 6 aliphatic rings. The molecule has 5 aromatic carbocycles. The van der Waals surface area contributed by atoms with Gasteiger partial charge in [0, 0.05) is 50.4 Å². The quantitative estimate of drug-likeness (QED) is 0.186. The van der Waals surface area contributed by atoms with Gasteiger partial charge < -0.3 is 14.1 Å². The Morgan fingerprint density at radius 2 is 1.15 bits per heavy atom. The van der Waals surface area contributed by atoms with Gasteiger partial charge in [0.1, 0.15) is 22.7 Å². The van der Waals surface area contributed by atoms with Gasteiger partial charge in [-0.2, -0.15) is 0 Å². The van der Waals surface area contributed by atoms with Crippen molar-refractivity contribution in [2.24, 2.45) is 29.1 Å². The number of anilines is 3. The van der Waals surface area contributed by atoms with Crippen LogP contribution in [-0.2, 0) is 16.2 Å². The Balaban J connectivity index is 1.09. The highest BCUT2D eigenvalue weighted by Crippen LogP contribution is 2.85. The molecular weight excluding hydrogens is 635 g/mol. The number of ether oxygens (including phenoxy) is 1. The summed E-state index contributed by atoms with van der Waals surface area (Å²) in [5.41, 5.74) is 12.0. The van der Waals surface area contributed by atoms with Crippen LogP contribution in [-0.4, -0.2) is 0 Å². The number of fused-ring (bicyclic) bond motifs is 12. The molecule has 52 heavy (non-hydrogen) atoms. The monoisotopic (exact) mass is 681 g/mol. The molecule has 4 unspecified atom stereocenters. The second kappa shape index (κ2) is 9.72. The van der Waals surface area contributed by atoms with Gasteiger partial charge in [0.2, 0.25) is 0 Å². The first kappa shape index (κ1) is 30.0. The summed E-state index contributed by atoms with van der Waals surface area (Å²) in [5, 5.41) is 2.33. The molecule has 0 amide bonds. The molecule has 260 valence electrons. The highest BCUT2D eigenvalue weighted by molar-refractivity contribution is 6.06. The molecule has 1 aliphatic heterocycles. The maximum Gasteiger partial charge on any atom is 0.137 e. The summed E-state index contributed by atoms with van der Waals surface area (Å²) in [7, 11) is 0. The van der Waals surface area contributed by atoms with Gasteiger partial charge in [-0.05, 0) is 151 Å². The van der Waals surface area contributed by atoms with Crippen LogP contribution in [0.3, 0.4) is 0 Å². The Morgan fingerprint density at radius 3 is 1.96 bits per heavy atom. The van der Waals surface area contributed by atoms with Gasteiger partial charge in [-0.25, -0.2) is 0 Å². The molecule has 4 saturated carbocycles. The van der Waals surface area contributed by atoms with Crippen LogP contribution >= 0.6 is 0 Å². The Bertz CT molecular complexity index is 2470. The van der Waals surface area contributed by atoms with E-state index in [0.717, 1.165) is 45.6 Å². The largest absolute Gasteiger partial charge is 0.457 e. The number of furan rings is 1. The van der Waals surface area contributed by atoms with Crippen LogP contribution in [0.4, 0.5) is 17.1 Å². The van der Waals surface area contributed by atoms with E-state index in [0.29, 0.717) is 17.3 Å².